The molecule has 3 heterocycles. The topological polar surface area (TPSA) is 47.9 Å². The molecule has 0 saturated carbocycles. The lowest BCUT2D eigenvalue weighted by Gasteiger charge is -2.32. The van der Waals surface area contributed by atoms with E-state index >= 15 is 0 Å². The molecule has 0 aliphatic heterocycles. The molecule has 7 rings (SSSR count). The third-order valence-electron chi connectivity index (χ3n) is 6.89. The molecule has 0 saturated heterocycles. The van der Waals surface area contributed by atoms with E-state index in [-0.39, 0.29) is 0 Å². The van der Waals surface area contributed by atoms with Gasteiger partial charge in [0, 0.05) is 35.6 Å². The summed E-state index contributed by atoms with van der Waals surface area (Å²) < 4.78 is 6.38. The lowest BCUT2D eigenvalue weighted by Crippen LogP contribution is -2.29. The van der Waals surface area contributed by atoms with Crippen LogP contribution in [0.4, 0.5) is 0 Å². The van der Waals surface area contributed by atoms with Crippen molar-refractivity contribution in [2.75, 3.05) is 0 Å². The first-order chi connectivity index (χ1) is 18.3. The molecule has 0 atom stereocenters. The summed E-state index contributed by atoms with van der Waals surface area (Å²) >= 11 is 1.54. The highest BCUT2D eigenvalue weighted by molar-refractivity contribution is 7.12. The average Bonchev–Trinajstić information content (AvgIpc) is 3.55. The fourth-order valence-electron chi connectivity index (χ4n) is 5.40. The summed E-state index contributed by atoms with van der Waals surface area (Å²) in [5, 5.41) is 2.81. The molecule has 3 aromatic carbocycles. The van der Waals surface area contributed by atoms with Crippen LogP contribution in [0.2, 0.25) is 0 Å². The van der Waals surface area contributed by atoms with Gasteiger partial charge in [0.1, 0.15) is 5.75 Å². The van der Waals surface area contributed by atoms with Crippen molar-refractivity contribution in [1.29, 1.82) is 0 Å². The van der Waals surface area contributed by atoms with E-state index in [9.17, 15) is 0 Å². The summed E-state index contributed by atoms with van der Waals surface area (Å²) in [5.41, 5.74) is 7.43. The van der Waals surface area contributed by atoms with Gasteiger partial charge >= 0.3 is 0 Å². The number of thiophene rings is 1. The largest absolute Gasteiger partial charge is 0.447 e. The zero-order chi connectivity index (χ0) is 24.7. The van der Waals surface area contributed by atoms with E-state index in [0.717, 1.165) is 27.6 Å². The summed E-state index contributed by atoms with van der Waals surface area (Å²) in [6.07, 6.45) is 5.37. The molecular weight excluding hydrogens is 474 g/mol. The molecule has 1 aliphatic carbocycles. The number of hydrogen-bond acceptors (Lipinski definition) is 5. The number of pyridine rings is 1. The minimum Gasteiger partial charge on any atom is -0.447 e. The van der Waals surface area contributed by atoms with Gasteiger partial charge in [-0.3, -0.25) is 4.98 Å². The van der Waals surface area contributed by atoms with Crippen molar-refractivity contribution in [3.8, 4) is 33.3 Å². The summed E-state index contributed by atoms with van der Waals surface area (Å²) in [6.45, 7) is 0. The van der Waals surface area contributed by atoms with E-state index in [2.05, 4.69) is 88.8 Å². The minimum atomic E-state index is -0.549. The van der Waals surface area contributed by atoms with E-state index in [0.29, 0.717) is 5.82 Å². The Labute approximate surface area is 218 Å². The van der Waals surface area contributed by atoms with Crippen molar-refractivity contribution in [3.05, 3.63) is 149 Å². The third-order valence-corrected chi connectivity index (χ3v) is 7.69. The van der Waals surface area contributed by atoms with Crippen molar-refractivity contribution in [1.82, 2.24) is 15.0 Å². The maximum atomic E-state index is 6.38. The smallest absolute Gasteiger partial charge is 0.181 e. The van der Waals surface area contributed by atoms with Gasteiger partial charge in [-0.05, 0) is 58.1 Å². The number of ether oxygens (including phenoxy) is 1. The van der Waals surface area contributed by atoms with Gasteiger partial charge in [-0.1, -0.05) is 66.7 Å². The fraction of sp³-hybridized carbons (Fsp3) is 0.0312. The quantitative estimate of drug-likeness (QED) is 0.245. The molecule has 0 bridgehead atoms. The van der Waals surface area contributed by atoms with Crippen molar-refractivity contribution < 1.29 is 4.74 Å². The lowest BCUT2D eigenvalue weighted by atomic mass is 9.70. The summed E-state index contributed by atoms with van der Waals surface area (Å²) in [5.74, 6) is 1.47. The van der Waals surface area contributed by atoms with E-state index in [1.54, 1.807) is 12.4 Å². The van der Waals surface area contributed by atoms with Crippen LogP contribution in [0.3, 0.4) is 0 Å². The van der Waals surface area contributed by atoms with Gasteiger partial charge in [0.25, 0.3) is 0 Å². The Morgan fingerprint density at radius 3 is 2.05 bits per heavy atom. The third kappa shape index (κ3) is 3.47. The van der Waals surface area contributed by atoms with Crippen LogP contribution in [0.5, 0.6) is 10.8 Å². The Morgan fingerprint density at radius 1 is 0.622 bits per heavy atom. The van der Waals surface area contributed by atoms with Gasteiger partial charge in [-0.15, -0.1) is 11.3 Å². The minimum absolute atomic E-state index is 0.549. The van der Waals surface area contributed by atoms with Gasteiger partial charge in [-0.2, -0.15) is 0 Å². The molecule has 6 aromatic rings. The van der Waals surface area contributed by atoms with Crippen molar-refractivity contribution in [2.24, 2.45) is 0 Å². The van der Waals surface area contributed by atoms with Crippen LogP contribution in [0.15, 0.2) is 127 Å². The first kappa shape index (κ1) is 21.7. The second-order valence-electron chi connectivity index (χ2n) is 8.91. The van der Waals surface area contributed by atoms with Gasteiger partial charge in [-0.25, -0.2) is 9.97 Å². The maximum Gasteiger partial charge on any atom is 0.181 e. The highest BCUT2D eigenvalue weighted by atomic mass is 32.1. The number of aromatic nitrogens is 3. The molecule has 0 spiro atoms. The summed E-state index contributed by atoms with van der Waals surface area (Å²) in [6, 6.07) is 35.6. The van der Waals surface area contributed by atoms with Gasteiger partial charge in [0.2, 0.25) is 0 Å². The monoisotopic (exact) mass is 495 g/mol. The molecule has 3 aromatic heterocycles. The Morgan fingerprint density at radius 2 is 1.32 bits per heavy atom. The highest BCUT2D eigenvalue weighted by Gasteiger charge is 2.47. The molecule has 0 fully saturated rings. The molecule has 1 aliphatic rings. The molecule has 176 valence electrons. The van der Waals surface area contributed by atoms with Gasteiger partial charge in [0.05, 0.1) is 11.1 Å². The van der Waals surface area contributed by atoms with Crippen LogP contribution in [0, 0.1) is 0 Å². The fourth-order valence-corrected chi connectivity index (χ4v) is 6.15. The number of hydrogen-bond donors (Lipinski definition) is 0. The summed E-state index contributed by atoms with van der Waals surface area (Å²) in [4.78, 5) is 13.6. The molecule has 4 nitrogen and oxygen atoms in total. The lowest BCUT2D eigenvalue weighted by molar-refractivity contribution is 0.495. The Bertz CT molecular complexity index is 1670. The molecule has 0 amide bonds. The van der Waals surface area contributed by atoms with Gasteiger partial charge in [0.15, 0.2) is 10.9 Å². The SMILES string of the molecule is c1ccc(C2(c3cccc(Oc4cc(-c5ncccn5)cs4)c3)c3ccccc3-c3ccccc32)nc1. The van der Waals surface area contributed by atoms with Crippen LogP contribution >= 0.6 is 11.3 Å². The zero-order valence-electron chi connectivity index (χ0n) is 19.8. The molecule has 0 N–H and O–H groups in total. The van der Waals surface area contributed by atoms with Crippen LogP contribution in [-0.4, -0.2) is 15.0 Å². The van der Waals surface area contributed by atoms with E-state index in [4.69, 9.17) is 9.72 Å². The first-order valence-corrected chi connectivity index (χ1v) is 13.0. The van der Waals surface area contributed by atoms with E-state index in [1.807, 2.05) is 35.8 Å². The van der Waals surface area contributed by atoms with E-state index in [1.165, 1.54) is 33.6 Å². The van der Waals surface area contributed by atoms with Crippen molar-refractivity contribution >= 4 is 11.3 Å². The second-order valence-corrected chi connectivity index (χ2v) is 9.79. The average molecular weight is 496 g/mol. The Hall–Kier alpha value is -4.61. The van der Waals surface area contributed by atoms with Crippen LogP contribution in [-0.2, 0) is 5.41 Å². The number of rotatable bonds is 5. The first-order valence-electron chi connectivity index (χ1n) is 12.1. The van der Waals surface area contributed by atoms with Gasteiger partial charge < -0.3 is 4.74 Å². The molecular formula is C32H21N3OS. The van der Waals surface area contributed by atoms with E-state index < -0.39 is 5.41 Å². The molecule has 0 radical (unpaired) electrons. The summed E-state index contributed by atoms with van der Waals surface area (Å²) in [7, 11) is 0. The number of benzene rings is 3. The number of nitrogens with zero attached hydrogens (tertiary/aromatic N) is 3. The van der Waals surface area contributed by atoms with Crippen LogP contribution < -0.4 is 4.74 Å². The van der Waals surface area contributed by atoms with Crippen LogP contribution in [0.1, 0.15) is 22.4 Å². The standard InChI is InChI=1S/C32H21N3OS/c1-3-13-27-25(11-1)26-12-2-4-14-28(26)32(27,29-15-5-6-16-33-29)23-9-7-10-24(20-23)36-30-19-22(21-37-30)31-34-17-8-18-35-31/h1-21H. The van der Waals surface area contributed by atoms with Crippen LogP contribution in [0.25, 0.3) is 22.5 Å². The Balaban J connectivity index is 1.37. The van der Waals surface area contributed by atoms with Crippen molar-refractivity contribution in [2.45, 2.75) is 5.41 Å². The van der Waals surface area contributed by atoms with Crippen molar-refractivity contribution in [3.63, 3.8) is 0 Å². The predicted molar refractivity (Wildman–Crippen MR) is 147 cm³/mol. The predicted octanol–water partition coefficient (Wildman–Crippen LogP) is 7.76. The Kier molecular flexibility index (Phi) is 5.15. The maximum absolute atomic E-state index is 6.38. The highest BCUT2D eigenvalue weighted by Crippen LogP contribution is 2.55. The number of fused-ring (bicyclic) bond motifs is 3. The second kappa shape index (κ2) is 8.80. The molecule has 37 heavy (non-hydrogen) atoms. The molecule has 5 heteroatoms. The molecule has 0 unspecified atom stereocenters. The zero-order valence-corrected chi connectivity index (χ0v) is 20.6. The normalized spacial score (nSPS) is 13.1.